The van der Waals surface area contributed by atoms with Crippen LogP contribution in [0.1, 0.15) is 37.3 Å². The van der Waals surface area contributed by atoms with E-state index in [-0.39, 0.29) is 0 Å². The molecule has 0 nitrogen and oxygen atoms in total. The van der Waals surface area contributed by atoms with Crippen LogP contribution in [-0.2, 0) is 0 Å². The molecule has 0 radical (unpaired) electrons. The summed E-state index contributed by atoms with van der Waals surface area (Å²) in [5.41, 5.74) is 5.91. The first-order valence-corrected chi connectivity index (χ1v) is 5.03. The maximum Gasteiger partial charge on any atom is -0.0228 e. The molecule has 1 aromatic carbocycles. The molecular formula is C13H16. The second kappa shape index (κ2) is 3.37. The predicted octanol–water partition coefficient (Wildman–Crippen LogP) is 3.95. The second-order valence-corrected chi connectivity index (χ2v) is 3.95. The summed E-state index contributed by atoms with van der Waals surface area (Å²) in [5, 5.41) is 0. The van der Waals surface area contributed by atoms with E-state index in [1.807, 2.05) is 0 Å². The van der Waals surface area contributed by atoms with E-state index in [9.17, 15) is 0 Å². The van der Waals surface area contributed by atoms with Crippen molar-refractivity contribution in [1.29, 1.82) is 0 Å². The first kappa shape index (κ1) is 8.55. The summed E-state index contributed by atoms with van der Waals surface area (Å²) in [7, 11) is 0. The highest BCUT2D eigenvalue weighted by atomic mass is 14.2. The van der Waals surface area contributed by atoms with Gasteiger partial charge in [0.2, 0.25) is 0 Å². The van der Waals surface area contributed by atoms with Crippen LogP contribution in [0.15, 0.2) is 29.8 Å². The lowest BCUT2D eigenvalue weighted by molar-refractivity contribution is 0.665. The maximum atomic E-state index is 2.25. The zero-order valence-electron chi connectivity index (χ0n) is 8.43. The lowest BCUT2D eigenvalue weighted by atomic mass is 9.86. The monoisotopic (exact) mass is 172 g/mol. The van der Waals surface area contributed by atoms with Crippen molar-refractivity contribution in [3.05, 3.63) is 41.0 Å². The Morgan fingerprint density at radius 1 is 1.08 bits per heavy atom. The zero-order valence-corrected chi connectivity index (χ0v) is 8.43. The Bertz CT molecular complexity index is 322. The molecule has 1 aliphatic rings. The molecule has 1 aromatic rings. The smallest absolute Gasteiger partial charge is 0.0228 e. The molecule has 0 atom stereocenters. The molecule has 0 aromatic heterocycles. The summed E-state index contributed by atoms with van der Waals surface area (Å²) in [6.45, 7) is 4.38. The van der Waals surface area contributed by atoms with Gasteiger partial charge >= 0.3 is 0 Å². The molecule has 0 unspecified atom stereocenters. The SMILES string of the molecule is CC(=C1CCC1)c1ccc(C)cc1. The summed E-state index contributed by atoms with van der Waals surface area (Å²) >= 11 is 0. The van der Waals surface area contributed by atoms with Crippen molar-refractivity contribution in [1.82, 2.24) is 0 Å². The van der Waals surface area contributed by atoms with E-state index < -0.39 is 0 Å². The largest absolute Gasteiger partial charge is 0.0667 e. The van der Waals surface area contributed by atoms with Gasteiger partial charge in [0.25, 0.3) is 0 Å². The Kier molecular flexibility index (Phi) is 2.22. The minimum atomic E-state index is 1.32. The van der Waals surface area contributed by atoms with Gasteiger partial charge in [-0.2, -0.15) is 0 Å². The molecule has 0 aliphatic heterocycles. The molecule has 13 heavy (non-hydrogen) atoms. The maximum absolute atomic E-state index is 2.25. The molecule has 0 heterocycles. The van der Waals surface area contributed by atoms with E-state index in [0.717, 1.165) is 0 Å². The van der Waals surface area contributed by atoms with E-state index in [1.54, 1.807) is 5.57 Å². The van der Waals surface area contributed by atoms with Crippen LogP contribution in [0.4, 0.5) is 0 Å². The fraction of sp³-hybridized carbons (Fsp3) is 0.385. The van der Waals surface area contributed by atoms with Crippen LogP contribution in [0.2, 0.25) is 0 Å². The summed E-state index contributed by atoms with van der Waals surface area (Å²) in [5.74, 6) is 0. The summed E-state index contributed by atoms with van der Waals surface area (Å²) in [6.07, 6.45) is 4.03. The quantitative estimate of drug-likeness (QED) is 0.601. The Balaban J connectivity index is 2.30. The van der Waals surface area contributed by atoms with Gasteiger partial charge in [-0.25, -0.2) is 0 Å². The van der Waals surface area contributed by atoms with E-state index in [0.29, 0.717) is 0 Å². The molecular weight excluding hydrogens is 156 g/mol. The fourth-order valence-electron chi connectivity index (χ4n) is 1.74. The van der Waals surface area contributed by atoms with Crippen molar-refractivity contribution in [2.45, 2.75) is 33.1 Å². The first-order chi connectivity index (χ1) is 6.27. The van der Waals surface area contributed by atoms with Crippen molar-refractivity contribution in [2.24, 2.45) is 0 Å². The summed E-state index contributed by atoms with van der Waals surface area (Å²) in [6, 6.07) is 8.85. The third kappa shape index (κ3) is 1.67. The lowest BCUT2D eigenvalue weighted by Gasteiger charge is -2.20. The standard InChI is InChI=1S/C13H16/c1-10-6-8-13(9-7-10)11(2)12-4-3-5-12/h6-9H,3-5H2,1-2H3. The molecule has 68 valence electrons. The zero-order chi connectivity index (χ0) is 9.26. The van der Waals surface area contributed by atoms with Crippen LogP contribution in [0.5, 0.6) is 0 Å². The minimum absolute atomic E-state index is 1.32. The average molecular weight is 172 g/mol. The highest BCUT2D eigenvalue weighted by Crippen LogP contribution is 2.33. The van der Waals surface area contributed by atoms with Crippen molar-refractivity contribution < 1.29 is 0 Å². The summed E-state index contributed by atoms with van der Waals surface area (Å²) in [4.78, 5) is 0. The van der Waals surface area contributed by atoms with Crippen molar-refractivity contribution >= 4 is 5.57 Å². The van der Waals surface area contributed by atoms with Crippen LogP contribution >= 0.6 is 0 Å². The van der Waals surface area contributed by atoms with Gasteiger partial charge in [-0.05, 0) is 44.2 Å². The fourth-order valence-corrected chi connectivity index (χ4v) is 1.74. The lowest BCUT2D eigenvalue weighted by Crippen LogP contribution is -1.99. The van der Waals surface area contributed by atoms with Gasteiger partial charge in [0.05, 0.1) is 0 Å². The van der Waals surface area contributed by atoms with Gasteiger partial charge < -0.3 is 0 Å². The highest BCUT2D eigenvalue weighted by molar-refractivity contribution is 5.68. The van der Waals surface area contributed by atoms with Gasteiger partial charge in [-0.1, -0.05) is 35.4 Å². The molecule has 0 bridgehead atoms. The van der Waals surface area contributed by atoms with E-state index in [1.165, 1.54) is 36.0 Å². The van der Waals surface area contributed by atoms with Crippen LogP contribution in [0, 0.1) is 6.92 Å². The van der Waals surface area contributed by atoms with Crippen LogP contribution in [0.3, 0.4) is 0 Å². The van der Waals surface area contributed by atoms with Crippen molar-refractivity contribution in [3.63, 3.8) is 0 Å². The van der Waals surface area contributed by atoms with Crippen molar-refractivity contribution in [3.8, 4) is 0 Å². The van der Waals surface area contributed by atoms with Crippen LogP contribution < -0.4 is 0 Å². The first-order valence-electron chi connectivity index (χ1n) is 5.03. The summed E-state index contributed by atoms with van der Waals surface area (Å²) < 4.78 is 0. The van der Waals surface area contributed by atoms with Crippen molar-refractivity contribution in [2.75, 3.05) is 0 Å². The Morgan fingerprint density at radius 2 is 1.69 bits per heavy atom. The van der Waals surface area contributed by atoms with Crippen LogP contribution in [0.25, 0.3) is 5.57 Å². The van der Waals surface area contributed by atoms with Gasteiger partial charge in [0.15, 0.2) is 0 Å². The molecule has 0 spiro atoms. The van der Waals surface area contributed by atoms with E-state index in [4.69, 9.17) is 0 Å². The third-order valence-electron chi connectivity index (χ3n) is 2.97. The van der Waals surface area contributed by atoms with E-state index in [2.05, 4.69) is 38.1 Å². The minimum Gasteiger partial charge on any atom is -0.0667 e. The number of benzene rings is 1. The van der Waals surface area contributed by atoms with Gasteiger partial charge in [0, 0.05) is 0 Å². The number of hydrogen-bond acceptors (Lipinski definition) is 0. The Morgan fingerprint density at radius 3 is 2.15 bits per heavy atom. The average Bonchev–Trinajstić information content (AvgIpc) is 2.02. The number of allylic oxidation sites excluding steroid dienone is 2. The Hall–Kier alpha value is -1.04. The molecule has 2 rings (SSSR count). The normalized spacial score (nSPS) is 15.4. The molecule has 1 saturated carbocycles. The molecule has 1 fully saturated rings. The van der Waals surface area contributed by atoms with Gasteiger partial charge in [-0.15, -0.1) is 0 Å². The molecule has 0 saturated heterocycles. The molecule has 1 aliphatic carbocycles. The molecule has 0 N–H and O–H groups in total. The second-order valence-electron chi connectivity index (χ2n) is 3.95. The molecule has 0 heteroatoms. The molecule has 0 amide bonds. The van der Waals surface area contributed by atoms with Gasteiger partial charge in [0.1, 0.15) is 0 Å². The Labute approximate surface area is 80.3 Å². The highest BCUT2D eigenvalue weighted by Gasteiger charge is 2.12. The number of aryl methyl sites for hydroxylation is 1. The van der Waals surface area contributed by atoms with E-state index >= 15 is 0 Å². The van der Waals surface area contributed by atoms with Crippen LogP contribution in [-0.4, -0.2) is 0 Å². The predicted molar refractivity (Wildman–Crippen MR) is 57.6 cm³/mol. The van der Waals surface area contributed by atoms with Gasteiger partial charge in [-0.3, -0.25) is 0 Å². The topological polar surface area (TPSA) is 0 Å². The number of rotatable bonds is 1. The number of hydrogen-bond donors (Lipinski definition) is 0. The third-order valence-corrected chi connectivity index (χ3v) is 2.97.